The van der Waals surface area contributed by atoms with Crippen molar-refractivity contribution in [2.24, 2.45) is 0 Å². The molecule has 0 radical (unpaired) electrons. The molecule has 1 heterocycles. The number of anilines is 2. The molecule has 4 nitrogen and oxygen atoms in total. The first-order valence-electron chi connectivity index (χ1n) is 4.95. The van der Waals surface area contributed by atoms with Gasteiger partial charge in [-0.1, -0.05) is 6.92 Å². The van der Waals surface area contributed by atoms with E-state index in [9.17, 15) is 8.78 Å². The summed E-state index contributed by atoms with van der Waals surface area (Å²) in [5.41, 5.74) is 5.26. The number of nitrogens with two attached hydrogens (primary N) is 1. The Morgan fingerprint density at radius 3 is 2.75 bits per heavy atom. The van der Waals surface area contributed by atoms with E-state index in [1.165, 1.54) is 0 Å². The first kappa shape index (κ1) is 12.6. The van der Waals surface area contributed by atoms with Gasteiger partial charge in [0.25, 0.3) is 0 Å². The summed E-state index contributed by atoms with van der Waals surface area (Å²) in [4.78, 5) is 3.60. The number of hydrogen-bond donors (Lipinski definition) is 2. The number of ether oxygens (including phenoxy) is 1. The van der Waals surface area contributed by atoms with Crippen molar-refractivity contribution in [2.75, 3.05) is 24.8 Å². The quantitative estimate of drug-likeness (QED) is 0.811. The van der Waals surface area contributed by atoms with Crippen molar-refractivity contribution in [3.8, 4) is 0 Å². The molecule has 0 saturated heterocycles. The van der Waals surface area contributed by atoms with Gasteiger partial charge in [-0.15, -0.1) is 0 Å². The Bertz CT molecular complexity index is 360. The molecule has 1 aromatic heterocycles. The number of nitrogens with zero attached hydrogens (tertiary/aromatic N) is 1. The molecule has 0 bridgehead atoms. The van der Waals surface area contributed by atoms with E-state index < -0.39 is 11.6 Å². The second kappa shape index (κ2) is 5.60. The summed E-state index contributed by atoms with van der Waals surface area (Å²) >= 11 is 0. The number of hydrogen-bond acceptors (Lipinski definition) is 4. The van der Waals surface area contributed by atoms with Gasteiger partial charge < -0.3 is 15.8 Å². The Morgan fingerprint density at radius 1 is 1.50 bits per heavy atom. The Balaban J connectivity index is 2.83. The molecular formula is C10H15F2N3O. The highest BCUT2D eigenvalue weighted by Gasteiger charge is 2.13. The van der Waals surface area contributed by atoms with Gasteiger partial charge in [-0.05, 0) is 6.42 Å². The average Bonchev–Trinajstić information content (AvgIpc) is 2.25. The minimum Gasteiger partial charge on any atom is -0.383 e. The molecule has 1 rings (SSSR count). The Labute approximate surface area is 92.8 Å². The van der Waals surface area contributed by atoms with Crippen LogP contribution < -0.4 is 11.1 Å². The lowest BCUT2D eigenvalue weighted by atomic mass is 10.2. The lowest BCUT2D eigenvalue weighted by Gasteiger charge is -2.17. The van der Waals surface area contributed by atoms with Gasteiger partial charge in [-0.2, -0.15) is 0 Å². The lowest BCUT2D eigenvalue weighted by Crippen LogP contribution is -2.25. The first-order chi connectivity index (χ1) is 7.58. The molecule has 0 aromatic carbocycles. The van der Waals surface area contributed by atoms with Gasteiger partial charge in [0.1, 0.15) is 0 Å². The van der Waals surface area contributed by atoms with Crippen LogP contribution in [0.15, 0.2) is 6.07 Å². The number of aromatic nitrogens is 1. The molecule has 1 atom stereocenters. The van der Waals surface area contributed by atoms with E-state index in [1.54, 1.807) is 7.11 Å². The standard InChI is InChI=1S/C10H15F2N3O/c1-3-6(5-16-2)14-10-8(12)4-7(11)9(13)15-10/h4,6H,3,5H2,1-2H3,(H3,13,14,15). The van der Waals surface area contributed by atoms with Crippen LogP contribution >= 0.6 is 0 Å². The minimum atomic E-state index is -0.858. The molecular weight excluding hydrogens is 216 g/mol. The topological polar surface area (TPSA) is 60.2 Å². The zero-order chi connectivity index (χ0) is 12.1. The number of nitrogens with one attached hydrogen (secondary N) is 1. The molecule has 0 aliphatic heterocycles. The Morgan fingerprint density at radius 2 is 2.19 bits per heavy atom. The highest BCUT2D eigenvalue weighted by Crippen LogP contribution is 2.17. The largest absolute Gasteiger partial charge is 0.383 e. The van der Waals surface area contributed by atoms with Gasteiger partial charge in [0, 0.05) is 13.2 Å². The maximum atomic E-state index is 13.3. The molecule has 6 heteroatoms. The summed E-state index contributed by atoms with van der Waals surface area (Å²) in [6, 6.07) is 0.626. The minimum absolute atomic E-state index is 0.0530. The van der Waals surface area contributed by atoms with Crippen LogP contribution in [-0.4, -0.2) is 24.7 Å². The molecule has 0 saturated carbocycles. The normalized spacial score (nSPS) is 12.5. The van der Waals surface area contributed by atoms with Gasteiger partial charge in [0.15, 0.2) is 23.3 Å². The number of pyridine rings is 1. The summed E-state index contributed by atoms with van der Waals surface area (Å²) in [6.45, 7) is 2.33. The predicted octanol–water partition coefficient (Wildman–Crippen LogP) is 1.78. The second-order valence-corrected chi connectivity index (χ2v) is 3.39. The van der Waals surface area contributed by atoms with Gasteiger partial charge in [0.2, 0.25) is 0 Å². The van der Waals surface area contributed by atoms with Crippen LogP contribution in [0.4, 0.5) is 20.4 Å². The summed E-state index contributed by atoms with van der Waals surface area (Å²) in [5.74, 6) is -2.00. The number of rotatable bonds is 5. The average molecular weight is 231 g/mol. The lowest BCUT2D eigenvalue weighted by molar-refractivity contribution is 0.184. The molecule has 0 aliphatic carbocycles. The molecule has 0 aliphatic rings. The van der Waals surface area contributed by atoms with Gasteiger partial charge in [-0.3, -0.25) is 0 Å². The van der Waals surface area contributed by atoms with Gasteiger partial charge >= 0.3 is 0 Å². The third-order valence-electron chi connectivity index (χ3n) is 2.16. The van der Waals surface area contributed by atoms with Crippen molar-refractivity contribution in [2.45, 2.75) is 19.4 Å². The fourth-order valence-electron chi connectivity index (χ4n) is 1.24. The summed E-state index contributed by atoms with van der Waals surface area (Å²) in [7, 11) is 1.55. The van der Waals surface area contributed by atoms with Crippen molar-refractivity contribution in [3.63, 3.8) is 0 Å². The van der Waals surface area contributed by atoms with E-state index in [1.807, 2.05) is 6.92 Å². The summed E-state index contributed by atoms with van der Waals surface area (Å²) in [5, 5.41) is 2.81. The smallest absolute Gasteiger partial charge is 0.168 e. The number of methoxy groups -OCH3 is 1. The van der Waals surface area contributed by atoms with Gasteiger partial charge in [-0.25, -0.2) is 13.8 Å². The fourth-order valence-corrected chi connectivity index (χ4v) is 1.24. The first-order valence-corrected chi connectivity index (χ1v) is 4.95. The monoisotopic (exact) mass is 231 g/mol. The summed E-state index contributed by atoms with van der Waals surface area (Å²) < 4.78 is 31.1. The van der Waals surface area contributed by atoms with E-state index in [2.05, 4.69) is 10.3 Å². The van der Waals surface area contributed by atoms with Crippen LogP contribution in [0.2, 0.25) is 0 Å². The molecule has 0 amide bonds. The maximum absolute atomic E-state index is 13.3. The van der Waals surface area contributed by atoms with E-state index in [4.69, 9.17) is 10.5 Å². The number of halogens is 2. The maximum Gasteiger partial charge on any atom is 0.168 e. The zero-order valence-corrected chi connectivity index (χ0v) is 9.26. The third kappa shape index (κ3) is 3.03. The highest BCUT2D eigenvalue weighted by molar-refractivity contribution is 5.45. The Hall–Kier alpha value is -1.43. The van der Waals surface area contributed by atoms with Crippen LogP contribution in [0.1, 0.15) is 13.3 Å². The van der Waals surface area contributed by atoms with Crippen molar-refractivity contribution in [1.82, 2.24) is 4.98 Å². The van der Waals surface area contributed by atoms with Crippen LogP contribution in [0.3, 0.4) is 0 Å². The number of nitrogen functional groups attached to an aromatic ring is 1. The van der Waals surface area contributed by atoms with Crippen LogP contribution in [0, 0.1) is 11.6 Å². The fraction of sp³-hybridized carbons (Fsp3) is 0.500. The van der Waals surface area contributed by atoms with Crippen LogP contribution in [0.25, 0.3) is 0 Å². The predicted molar refractivity (Wildman–Crippen MR) is 58.1 cm³/mol. The SMILES string of the molecule is CCC(COC)Nc1nc(N)c(F)cc1F. The van der Waals surface area contributed by atoms with Crippen molar-refractivity contribution in [3.05, 3.63) is 17.7 Å². The highest BCUT2D eigenvalue weighted by atomic mass is 19.1. The van der Waals surface area contributed by atoms with Crippen molar-refractivity contribution >= 4 is 11.6 Å². The van der Waals surface area contributed by atoms with Gasteiger partial charge in [0.05, 0.1) is 12.6 Å². The van der Waals surface area contributed by atoms with Crippen LogP contribution in [-0.2, 0) is 4.74 Å². The zero-order valence-electron chi connectivity index (χ0n) is 9.26. The van der Waals surface area contributed by atoms with Crippen molar-refractivity contribution in [1.29, 1.82) is 0 Å². The Kier molecular flexibility index (Phi) is 4.42. The molecule has 3 N–H and O–H groups in total. The molecule has 16 heavy (non-hydrogen) atoms. The van der Waals surface area contributed by atoms with Crippen molar-refractivity contribution < 1.29 is 13.5 Å². The van der Waals surface area contributed by atoms with Crippen LogP contribution in [0.5, 0.6) is 0 Å². The van der Waals surface area contributed by atoms with E-state index in [-0.39, 0.29) is 17.7 Å². The van der Waals surface area contributed by atoms with E-state index in [0.29, 0.717) is 12.7 Å². The molecule has 1 unspecified atom stereocenters. The van der Waals surface area contributed by atoms with E-state index in [0.717, 1.165) is 6.42 Å². The second-order valence-electron chi connectivity index (χ2n) is 3.39. The molecule has 1 aromatic rings. The molecule has 90 valence electrons. The molecule has 0 fully saturated rings. The molecule has 0 spiro atoms. The third-order valence-corrected chi connectivity index (χ3v) is 2.16. The van der Waals surface area contributed by atoms with E-state index >= 15 is 0 Å². The summed E-state index contributed by atoms with van der Waals surface area (Å²) in [6.07, 6.45) is 0.728.